The summed E-state index contributed by atoms with van der Waals surface area (Å²) in [4.78, 5) is 66.8. The van der Waals surface area contributed by atoms with Crippen LogP contribution in [0.1, 0.15) is 95.7 Å². The van der Waals surface area contributed by atoms with E-state index in [9.17, 15) is 29.1 Å². The number of nitrogens with one attached hydrogen (secondary N) is 3. The summed E-state index contributed by atoms with van der Waals surface area (Å²) in [5.41, 5.74) is 18.3. The first kappa shape index (κ1) is 46.4. The van der Waals surface area contributed by atoms with Crippen LogP contribution in [0, 0.1) is 0 Å². The van der Waals surface area contributed by atoms with Crippen LogP contribution in [0.15, 0.2) is 36.4 Å². The molecule has 0 saturated carbocycles. The number of likely N-dealkylation sites (N-methyl/N-ethyl adjacent to an activating group) is 1. The van der Waals surface area contributed by atoms with Gasteiger partial charge in [-0.05, 0) is 55.3 Å². The molecule has 10 N–H and O–H groups in total. The van der Waals surface area contributed by atoms with E-state index in [4.69, 9.17) is 26.7 Å². The van der Waals surface area contributed by atoms with Gasteiger partial charge >= 0.3 is 5.97 Å². The predicted molar refractivity (Wildman–Crippen MR) is 212 cm³/mol. The third kappa shape index (κ3) is 15.5. The summed E-state index contributed by atoms with van der Waals surface area (Å²) in [7, 11) is 1.44. The molecular weight excluding hydrogens is 706 g/mol. The lowest BCUT2D eigenvalue weighted by Gasteiger charge is -2.30. The van der Waals surface area contributed by atoms with Crippen LogP contribution in [-0.4, -0.2) is 98.1 Å². The molecule has 15 nitrogen and oxygen atoms in total. The summed E-state index contributed by atoms with van der Waals surface area (Å²) in [6, 6.07) is 6.41. The van der Waals surface area contributed by atoms with Crippen LogP contribution >= 0.6 is 0 Å². The van der Waals surface area contributed by atoms with Gasteiger partial charge in [-0.25, -0.2) is 4.79 Å². The Bertz CT molecular complexity index is 1540. The zero-order valence-electron chi connectivity index (χ0n) is 33.0. The number of carboxylic acid groups (broad SMARTS) is 1. The van der Waals surface area contributed by atoms with Crippen molar-refractivity contribution in [2.75, 3.05) is 46.4 Å². The second-order valence-corrected chi connectivity index (χ2v) is 13.5. The third-order valence-electron chi connectivity index (χ3n) is 8.93. The second-order valence-electron chi connectivity index (χ2n) is 13.5. The quantitative estimate of drug-likeness (QED) is 0.103. The highest BCUT2D eigenvalue weighted by Crippen LogP contribution is 2.40. The Kier molecular flexibility index (Phi) is 21.4. The molecule has 0 saturated heterocycles. The minimum Gasteiger partial charge on any atom is -0.492 e. The van der Waals surface area contributed by atoms with Crippen molar-refractivity contribution in [3.63, 3.8) is 0 Å². The fourth-order valence-electron chi connectivity index (χ4n) is 6.02. The molecule has 2 aromatic rings. The molecule has 3 atom stereocenters. The van der Waals surface area contributed by atoms with Gasteiger partial charge < -0.3 is 52.6 Å². The van der Waals surface area contributed by atoms with E-state index in [1.807, 2.05) is 6.92 Å². The zero-order chi connectivity index (χ0) is 40.8. The van der Waals surface area contributed by atoms with E-state index in [1.54, 1.807) is 36.4 Å². The molecule has 3 rings (SSSR count). The molecule has 0 fully saturated rings. The number of nitrogens with zero attached hydrogens (tertiary/aromatic N) is 1. The Morgan fingerprint density at radius 2 is 1.40 bits per heavy atom. The normalized spacial score (nSPS) is 16.7. The SMILES string of the molecule is CCCCCCCCCCC(=O)NCC(=O)N(C)C1C(=O)N[C@@H](C)C(=O)NC(C(=O)O)Cc2ccc(OCCN)c(c2)-c2cc1ccc2OCCN.CCN. The first-order chi connectivity index (χ1) is 26.4. The van der Waals surface area contributed by atoms with Crippen LogP contribution in [0.25, 0.3) is 11.1 Å². The highest BCUT2D eigenvalue weighted by Gasteiger charge is 2.33. The Morgan fingerprint density at radius 3 is 1.98 bits per heavy atom. The zero-order valence-corrected chi connectivity index (χ0v) is 33.0. The number of aliphatic carboxylic acids is 1. The number of carboxylic acids is 1. The first-order valence-electron chi connectivity index (χ1n) is 19.4. The van der Waals surface area contributed by atoms with Crippen molar-refractivity contribution in [3.05, 3.63) is 47.5 Å². The third-order valence-corrected chi connectivity index (χ3v) is 8.93. The summed E-state index contributed by atoms with van der Waals surface area (Å²) in [6.45, 7) is 6.74. The van der Waals surface area contributed by atoms with Crippen LogP contribution in [0.5, 0.6) is 11.5 Å². The predicted octanol–water partition coefficient (Wildman–Crippen LogP) is 2.77. The van der Waals surface area contributed by atoms with Gasteiger partial charge in [0.25, 0.3) is 0 Å². The Morgan fingerprint density at radius 1 is 0.836 bits per heavy atom. The standard InChI is InChI=1S/C38H56N6O8.C2H7N/c1-4-5-6-7-8-9-10-11-12-33(45)41-24-34(46)44(3)35-27-14-16-32(52-20-18-40)29(23-27)28-21-26(13-15-31(28)51-19-17-39)22-30(38(49)50)43-36(47)25(2)42-37(35)48;1-2-3/h13-16,21,23,25,30,35H,4-12,17-20,22,24,39-40H2,1-3H3,(H,41,45)(H,42,48)(H,43,47)(H,49,50);2-3H2,1H3/t25-,30?,35?;/m0./s1. The number of carbonyl (C=O) groups is 5. The van der Waals surface area contributed by atoms with E-state index >= 15 is 0 Å². The average Bonchev–Trinajstić information content (AvgIpc) is 3.16. The number of unbranched alkanes of at least 4 members (excludes halogenated alkanes) is 7. The maximum absolute atomic E-state index is 14.0. The molecule has 4 amide bonds. The van der Waals surface area contributed by atoms with E-state index in [1.165, 1.54) is 44.6 Å². The molecule has 0 aromatic heterocycles. The van der Waals surface area contributed by atoms with E-state index in [0.29, 0.717) is 40.2 Å². The second kappa shape index (κ2) is 25.4. The van der Waals surface area contributed by atoms with Crippen molar-refractivity contribution in [2.24, 2.45) is 17.2 Å². The highest BCUT2D eigenvalue weighted by molar-refractivity contribution is 5.95. The number of hydrogen-bond acceptors (Lipinski definition) is 10. The van der Waals surface area contributed by atoms with E-state index in [0.717, 1.165) is 32.2 Å². The maximum Gasteiger partial charge on any atom is 0.326 e. The van der Waals surface area contributed by atoms with Crippen LogP contribution in [0.2, 0.25) is 0 Å². The molecule has 15 heteroatoms. The molecule has 1 aliphatic rings. The lowest BCUT2D eigenvalue weighted by atomic mass is 9.93. The summed E-state index contributed by atoms with van der Waals surface area (Å²) in [6.07, 6.45) is 8.95. The average molecular weight is 770 g/mol. The van der Waals surface area contributed by atoms with Gasteiger partial charge in [-0.2, -0.15) is 0 Å². The topological polar surface area (TPSA) is 241 Å². The number of hydrogen-bond donors (Lipinski definition) is 7. The summed E-state index contributed by atoms with van der Waals surface area (Å²) >= 11 is 0. The van der Waals surface area contributed by atoms with Gasteiger partial charge in [0.2, 0.25) is 23.6 Å². The van der Waals surface area contributed by atoms with Gasteiger partial charge in [0.15, 0.2) is 0 Å². The maximum atomic E-state index is 14.0. The Hall–Kier alpha value is -4.73. The fraction of sp³-hybridized carbons (Fsp3) is 0.575. The minimum atomic E-state index is -1.31. The molecule has 1 heterocycles. The summed E-state index contributed by atoms with van der Waals surface area (Å²) < 4.78 is 12.0. The van der Waals surface area contributed by atoms with Crippen LogP contribution < -0.4 is 42.6 Å². The number of ether oxygens (including phenoxy) is 2. The number of amides is 4. The Labute approximate surface area is 325 Å². The summed E-state index contributed by atoms with van der Waals surface area (Å²) in [5.74, 6) is -2.62. The van der Waals surface area contributed by atoms with Gasteiger partial charge in [0, 0.05) is 44.1 Å². The van der Waals surface area contributed by atoms with Gasteiger partial charge in [0.05, 0.1) is 6.54 Å². The molecule has 55 heavy (non-hydrogen) atoms. The Balaban J connectivity index is 0.00000337. The monoisotopic (exact) mass is 769 g/mol. The van der Waals surface area contributed by atoms with Crippen molar-refractivity contribution in [1.29, 1.82) is 0 Å². The number of fused-ring (bicyclic) bond motifs is 5. The van der Waals surface area contributed by atoms with Crippen molar-refractivity contribution < 1.29 is 38.6 Å². The lowest BCUT2D eigenvalue weighted by molar-refractivity contribution is -0.143. The molecular formula is C40H63N7O8. The van der Waals surface area contributed by atoms with Gasteiger partial charge in [-0.15, -0.1) is 0 Å². The smallest absolute Gasteiger partial charge is 0.326 e. The number of carbonyl (C=O) groups excluding carboxylic acids is 4. The largest absolute Gasteiger partial charge is 0.492 e. The molecule has 0 aliphatic carbocycles. The van der Waals surface area contributed by atoms with E-state index in [2.05, 4.69) is 22.9 Å². The van der Waals surface area contributed by atoms with Crippen LogP contribution in [-0.2, 0) is 30.4 Å². The molecule has 1 aliphatic heterocycles. The number of rotatable bonds is 19. The van der Waals surface area contributed by atoms with E-state index < -0.39 is 41.8 Å². The van der Waals surface area contributed by atoms with Crippen molar-refractivity contribution >= 4 is 29.6 Å². The highest BCUT2D eigenvalue weighted by atomic mass is 16.5. The van der Waals surface area contributed by atoms with Crippen LogP contribution in [0.4, 0.5) is 0 Å². The lowest BCUT2D eigenvalue weighted by Crippen LogP contribution is -2.53. The number of benzene rings is 2. The van der Waals surface area contributed by atoms with Crippen molar-refractivity contribution in [3.8, 4) is 22.6 Å². The van der Waals surface area contributed by atoms with Crippen molar-refractivity contribution in [1.82, 2.24) is 20.9 Å². The van der Waals surface area contributed by atoms with Gasteiger partial charge in [0.1, 0.15) is 42.8 Å². The van der Waals surface area contributed by atoms with Crippen molar-refractivity contribution in [2.45, 2.75) is 103 Å². The van der Waals surface area contributed by atoms with E-state index in [-0.39, 0.29) is 45.2 Å². The molecule has 4 bridgehead atoms. The van der Waals surface area contributed by atoms with Crippen LogP contribution in [0.3, 0.4) is 0 Å². The molecule has 0 radical (unpaired) electrons. The fourth-order valence-corrected chi connectivity index (χ4v) is 6.02. The molecule has 306 valence electrons. The first-order valence-corrected chi connectivity index (χ1v) is 19.4. The minimum absolute atomic E-state index is 0.0603. The molecule has 0 spiro atoms. The van der Waals surface area contributed by atoms with Gasteiger partial charge in [-0.3, -0.25) is 19.2 Å². The number of nitrogens with two attached hydrogens (primary N) is 3. The van der Waals surface area contributed by atoms with Gasteiger partial charge in [-0.1, -0.05) is 70.9 Å². The summed E-state index contributed by atoms with van der Waals surface area (Å²) in [5, 5.41) is 17.8. The molecule has 2 aromatic carbocycles. The molecule has 2 unspecified atom stereocenters.